The van der Waals surface area contributed by atoms with Gasteiger partial charge in [0.15, 0.2) is 10.8 Å². The molecule has 0 radical (unpaired) electrons. The van der Waals surface area contributed by atoms with Gasteiger partial charge >= 0.3 is 0 Å². The Bertz CT molecular complexity index is 818. The highest BCUT2D eigenvalue weighted by Crippen LogP contribution is 2.25. The van der Waals surface area contributed by atoms with E-state index in [4.69, 9.17) is 4.42 Å². The number of hydrogen-bond donors (Lipinski definition) is 0. The molecule has 3 aromatic rings. The number of aromatic nitrogens is 3. The van der Waals surface area contributed by atoms with Crippen molar-refractivity contribution >= 4 is 17.2 Å². The van der Waals surface area contributed by atoms with Gasteiger partial charge in [0.05, 0.1) is 18.3 Å². The number of carbonyl (C=O) groups excluding carboxylic acids is 1. The zero-order valence-electron chi connectivity index (χ0n) is 13.3. The van der Waals surface area contributed by atoms with Crippen LogP contribution >= 0.6 is 11.3 Å². The number of carbonyl (C=O) groups is 1. The number of rotatable bonds is 5. The molecule has 0 spiro atoms. The van der Waals surface area contributed by atoms with Gasteiger partial charge in [-0.2, -0.15) is 5.10 Å². The summed E-state index contributed by atoms with van der Waals surface area (Å²) in [7, 11) is 3.65. The molecule has 0 bridgehead atoms. The van der Waals surface area contributed by atoms with Crippen LogP contribution in [0, 0.1) is 6.92 Å². The van der Waals surface area contributed by atoms with Gasteiger partial charge in [-0.3, -0.25) is 9.48 Å². The van der Waals surface area contributed by atoms with E-state index in [0.29, 0.717) is 6.54 Å². The molecule has 0 atom stereocenters. The van der Waals surface area contributed by atoms with Crippen LogP contribution in [0.5, 0.6) is 0 Å². The van der Waals surface area contributed by atoms with Crippen molar-refractivity contribution in [2.45, 2.75) is 19.9 Å². The largest absolute Gasteiger partial charge is 0.459 e. The summed E-state index contributed by atoms with van der Waals surface area (Å²) < 4.78 is 7.29. The lowest BCUT2D eigenvalue weighted by Gasteiger charge is -2.15. The van der Waals surface area contributed by atoms with Gasteiger partial charge in [0.2, 0.25) is 5.91 Å². The molecule has 0 N–H and O–H groups in total. The molecule has 120 valence electrons. The number of furan rings is 1. The fourth-order valence-electron chi connectivity index (χ4n) is 2.26. The third-order valence-corrected chi connectivity index (χ3v) is 4.34. The third-order valence-electron chi connectivity index (χ3n) is 3.44. The van der Waals surface area contributed by atoms with E-state index in [1.807, 2.05) is 37.7 Å². The molecule has 0 unspecified atom stereocenters. The van der Waals surface area contributed by atoms with Crippen molar-refractivity contribution < 1.29 is 9.21 Å². The zero-order chi connectivity index (χ0) is 16.4. The van der Waals surface area contributed by atoms with E-state index in [0.717, 1.165) is 27.8 Å². The Balaban J connectivity index is 1.62. The summed E-state index contributed by atoms with van der Waals surface area (Å²) in [5, 5.41) is 6.82. The van der Waals surface area contributed by atoms with Crippen molar-refractivity contribution in [3.05, 3.63) is 46.9 Å². The summed E-state index contributed by atoms with van der Waals surface area (Å²) in [6, 6.07) is 3.80. The van der Waals surface area contributed by atoms with Crippen molar-refractivity contribution in [2.24, 2.45) is 7.05 Å². The molecule has 3 aromatic heterocycles. The maximum absolute atomic E-state index is 12.3. The minimum atomic E-state index is 0.0290. The van der Waals surface area contributed by atoms with Gasteiger partial charge in [0.25, 0.3) is 0 Å². The summed E-state index contributed by atoms with van der Waals surface area (Å²) in [6.45, 7) is 2.44. The first kappa shape index (κ1) is 15.5. The SMILES string of the molecule is Cc1ccc(-c2nc(CC(=O)N(C)Cc3cnn(C)c3)cs2)o1. The second-order valence-electron chi connectivity index (χ2n) is 5.50. The standard InChI is InChI=1S/C16H18N4O2S/c1-11-4-5-14(22-11)16-18-13(10-23-16)6-15(21)19(2)8-12-7-17-20(3)9-12/h4-5,7,9-10H,6,8H2,1-3H3. The maximum atomic E-state index is 12.3. The number of aryl methyl sites for hydroxylation is 2. The quantitative estimate of drug-likeness (QED) is 0.721. The van der Waals surface area contributed by atoms with Crippen molar-refractivity contribution in [1.82, 2.24) is 19.7 Å². The average Bonchev–Trinajstić information content (AvgIpc) is 3.21. The molecule has 0 aliphatic heterocycles. The van der Waals surface area contributed by atoms with Crippen LogP contribution in [-0.2, 0) is 24.8 Å². The average molecular weight is 330 g/mol. The summed E-state index contributed by atoms with van der Waals surface area (Å²) >= 11 is 1.49. The number of nitrogens with zero attached hydrogens (tertiary/aromatic N) is 4. The fourth-order valence-corrected chi connectivity index (χ4v) is 3.04. The van der Waals surface area contributed by atoms with E-state index in [1.165, 1.54) is 11.3 Å². The summed E-state index contributed by atoms with van der Waals surface area (Å²) in [6.07, 6.45) is 3.96. The first-order valence-electron chi connectivity index (χ1n) is 7.24. The Morgan fingerprint density at radius 3 is 2.91 bits per heavy atom. The minimum absolute atomic E-state index is 0.0290. The van der Waals surface area contributed by atoms with Gasteiger partial charge < -0.3 is 9.32 Å². The Labute approximate surface area is 138 Å². The highest BCUT2D eigenvalue weighted by molar-refractivity contribution is 7.13. The van der Waals surface area contributed by atoms with Crippen LogP contribution in [0.15, 0.2) is 34.3 Å². The minimum Gasteiger partial charge on any atom is -0.459 e. The molecule has 0 aliphatic rings. The zero-order valence-corrected chi connectivity index (χ0v) is 14.1. The molecule has 7 heteroatoms. The highest BCUT2D eigenvalue weighted by atomic mass is 32.1. The van der Waals surface area contributed by atoms with Crippen molar-refractivity contribution in [2.75, 3.05) is 7.05 Å². The van der Waals surface area contributed by atoms with Crippen molar-refractivity contribution in [1.29, 1.82) is 0 Å². The smallest absolute Gasteiger partial charge is 0.228 e. The molecule has 0 saturated carbocycles. The van der Waals surface area contributed by atoms with E-state index in [2.05, 4.69) is 10.1 Å². The van der Waals surface area contributed by atoms with Gasteiger partial charge in [-0.25, -0.2) is 4.98 Å². The van der Waals surface area contributed by atoms with Crippen LogP contribution < -0.4 is 0 Å². The molecule has 23 heavy (non-hydrogen) atoms. The molecule has 6 nitrogen and oxygen atoms in total. The predicted octanol–water partition coefficient (Wildman–Crippen LogP) is 2.65. The summed E-state index contributed by atoms with van der Waals surface area (Å²) in [5.74, 6) is 1.63. The van der Waals surface area contributed by atoms with Crippen LogP contribution in [0.4, 0.5) is 0 Å². The van der Waals surface area contributed by atoms with E-state index in [1.54, 1.807) is 22.8 Å². The van der Waals surface area contributed by atoms with Crippen LogP contribution in [0.25, 0.3) is 10.8 Å². The van der Waals surface area contributed by atoms with Gasteiger partial charge in [-0.15, -0.1) is 11.3 Å². The third kappa shape index (κ3) is 3.68. The molecule has 0 fully saturated rings. The number of thiazole rings is 1. The predicted molar refractivity (Wildman–Crippen MR) is 87.9 cm³/mol. The molecule has 0 aliphatic carbocycles. The van der Waals surface area contributed by atoms with Crippen LogP contribution in [0.2, 0.25) is 0 Å². The van der Waals surface area contributed by atoms with Crippen molar-refractivity contribution in [3.8, 4) is 10.8 Å². The van der Waals surface area contributed by atoms with Gasteiger partial charge in [-0.05, 0) is 19.1 Å². The molecular weight excluding hydrogens is 312 g/mol. The number of amides is 1. The van der Waals surface area contributed by atoms with E-state index in [9.17, 15) is 4.79 Å². The Morgan fingerprint density at radius 2 is 2.26 bits per heavy atom. The van der Waals surface area contributed by atoms with Crippen molar-refractivity contribution in [3.63, 3.8) is 0 Å². The van der Waals surface area contributed by atoms with E-state index in [-0.39, 0.29) is 12.3 Å². The molecule has 1 amide bonds. The second kappa shape index (κ2) is 6.37. The molecule has 0 aromatic carbocycles. The second-order valence-corrected chi connectivity index (χ2v) is 6.36. The first-order chi connectivity index (χ1) is 11.0. The maximum Gasteiger partial charge on any atom is 0.228 e. The Morgan fingerprint density at radius 1 is 1.43 bits per heavy atom. The topological polar surface area (TPSA) is 64.2 Å². The number of likely N-dealkylation sites (N-methyl/N-ethyl adjacent to an activating group) is 1. The fraction of sp³-hybridized carbons (Fsp3) is 0.312. The van der Waals surface area contributed by atoms with Gasteiger partial charge in [0, 0.05) is 37.8 Å². The lowest BCUT2D eigenvalue weighted by molar-refractivity contribution is -0.129. The van der Waals surface area contributed by atoms with Crippen LogP contribution in [0.1, 0.15) is 17.0 Å². The van der Waals surface area contributed by atoms with Crippen LogP contribution in [0.3, 0.4) is 0 Å². The first-order valence-corrected chi connectivity index (χ1v) is 8.12. The van der Waals surface area contributed by atoms with Gasteiger partial charge in [-0.1, -0.05) is 0 Å². The summed E-state index contributed by atoms with van der Waals surface area (Å²) in [5.41, 5.74) is 1.77. The van der Waals surface area contributed by atoms with E-state index < -0.39 is 0 Å². The monoisotopic (exact) mass is 330 g/mol. The Hall–Kier alpha value is -2.41. The van der Waals surface area contributed by atoms with Gasteiger partial charge in [0.1, 0.15) is 5.76 Å². The molecule has 3 heterocycles. The normalized spacial score (nSPS) is 10.9. The Kier molecular flexibility index (Phi) is 4.29. The number of hydrogen-bond acceptors (Lipinski definition) is 5. The molecule has 0 saturated heterocycles. The molecular formula is C16H18N4O2S. The summed E-state index contributed by atoms with van der Waals surface area (Å²) in [4.78, 5) is 18.5. The lowest BCUT2D eigenvalue weighted by Crippen LogP contribution is -2.27. The highest BCUT2D eigenvalue weighted by Gasteiger charge is 2.14. The van der Waals surface area contributed by atoms with Crippen LogP contribution in [-0.4, -0.2) is 32.6 Å². The lowest BCUT2D eigenvalue weighted by atomic mass is 10.2. The molecule has 3 rings (SSSR count). The van der Waals surface area contributed by atoms with E-state index >= 15 is 0 Å².